The van der Waals surface area contributed by atoms with Gasteiger partial charge >= 0.3 is 11.9 Å². The number of carbonyl (C=O) groups is 3. The van der Waals surface area contributed by atoms with Crippen molar-refractivity contribution in [1.29, 1.82) is 0 Å². The molecule has 0 radical (unpaired) electrons. The van der Waals surface area contributed by atoms with E-state index in [0.29, 0.717) is 0 Å². The van der Waals surface area contributed by atoms with Crippen molar-refractivity contribution in [3.05, 3.63) is 11.3 Å². The summed E-state index contributed by atoms with van der Waals surface area (Å²) in [6.45, 7) is 1.02. The number of carboxylic acids is 1. The second kappa shape index (κ2) is 4.62. The van der Waals surface area contributed by atoms with Crippen molar-refractivity contribution in [3.8, 4) is 0 Å². The Hall–Kier alpha value is -1.54. The highest BCUT2D eigenvalue weighted by atomic mass is 32.2. The van der Waals surface area contributed by atoms with E-state index >= 15 is 0 Å². The monoisotopic (exact) mass is 272 g/mol. The first kappa shape index (κ1) is 12.9. The first-order valence-corrected chi connectivity index (χ1v) is 6.19. The van der Waals surface area contributed by atoms with Gasteiger partial charge < -0.3 is 15.6 Å². The number of esters is 1. The number of rotatable bonds is 3. The van der Waals surface area contributed by atoms with Crippen LogP contribution in [0.25, 0.3) is 0 Å². The third-order valence-corrected chi connectivity index (χ3v) is 4.00. The van der Waals surface area contributed by atoms with Crippen molar-refractivity contribution >= 4 is 29.6 Å². The maximum Gasteiger partial charge on any atom is 0.352 e. The largest absolute Gasteiger partial charge is 0.477 e. The van der Waals surface area contributed by atoms with Crippen LogP contribution in [-0.2, 0) is 19.1 Å². The molecule has 0 aromatic carbocycles. The number of amides is 1. The Morgan fingerprint density at radius 2 is 2.28 bits per heavy atom. The predicted octanol–water partition coefficient (Wildman–Crippen LogP) is -0.522. The third kappa shape index (κ3) is 2.08. The van der Waals surface area contributed by atoms with Crippen LogP contribution < -0.4 is 5.73 Å². The summed E-state index contributed by atoms with van der Waals surface area (Å²) >= 11 is 1.29. The van der Waals surface area contributed by atoms with Gasteiger partial charge in [0, 0.05) is 12.5 Å². The quantitative estimate of drug-likeness (QED) is 0.525. The highest BCUT2D eigenvalue weighted by Gasteiger charge is 2.47. The van der Waals surface area contributed by atoms with Gasteiger partial charge in [-0.25, -0.2) is 4.79 Å². The van der Waals surface area contributed by atoms with Gasteiger partial charge in [-0.15, -0.1) is 11.8 Å². The molecule has 2 aliphatic heterocycles. The molecule has 0 aromatic rings. The fraction of sp³-hybridized carbons (Fsp3) is 0.500. The molecule has 3 N–H and O–H groups in total. The summed E-state index contributed by atoms with van der Waals surface area (Å²) in [4.78, 5) is 34.6. The SMILES string of the molecule is CC(=O)OCC1=C(C(=O)O)N2C(=O)C[C@H]2SC1N. The molecule has 0 bridgehead atoms. The number of hydrogen-bond donors (Lipinski definition) is 2. The van der Waals surface area contributed by atoms with Gasteiger partial charge in [-0.2, -0.15) is 0 Å². The molecule has 1 unspecified atom stereocenters. The standard InChI is InChI=1S/C10H12N2O5S/c1-4(13)17-3-5-8(10(15)16)12-6(14)2-7(12)18-9(5)11/h7,9H,2-3,11H2,1H3,(H,15,16)/t7-,9?/m1/s1. The summed E-state index contributed by atoms with van der Waals surface area (Å²) < 4.78 is 4.78. The zero-order chi connectivity index (χ0) is 13.4. The van der Waals surface area contributed by atoms with Gasteiger partial charge in [-0.3, -0.25) is 14.5 Å². The molecule has 98 valence electrons. The Kier molecular flexibility index (Phi) is 3.31. The first-order chi connectivity index (χ1) is 8.41. The summed E-state index contributed by atoms with van der Waals surface area (Å²) in [6, 6.07) is 0. The van der Waals surface area contributed by atoms with E-state index in [0.717, 1.165) is 0 Å². The van der Waals surface area contributed by atoms with E-state index in [1.165, 1.54) is 23.6 Å². The average molecular weight is 272 g/mol. The fourth-order valence-electron chi connectivity index (χ4n) is 1.88. The molecule has 0 aromatic heterocycles. The Morgan fingerprint density at radius 3 is 2.78 bits per heavy atom. The van der Waals surface area contributed by atoms with Crippen LogP contribution in [0.1, 0.15) is 13.3 Å². The summed E-state index contributed by atoms with van der Waals surface area (Å²) in [6.07, 6.45) is 0.288. The number of aliphatic carboxylic acids is 1. The second-order valence-electron chi connectivity index (χ2n) is 3.94. The summed E-state index contributed by atoms with van der Waals surface area (Å²) in [5.74, 6) is -2.01. The number of β-lactam (4-membered cyclic amide) rings is 1. The van der Waals surface area contributed by atoms with Crippen molar-refractivity contribution in [2.75, 3.05) is 6.61 Å². The molecular formula is C10H12N2O5S. The molecule has 2 heterocycles. The van der Waals surface area contributed by atoms with Crippen molar-refractivity contribution in [3.63, 3.8) is 0 Å². The van der Waals surface area contributed by atoms with Gasteiger partial charge in [0.2, 0.25) is 5.91 Å². The molecule has 0 aliphatic carbocycles. The number of ether oxygens (including phenoxy) is 1. The van der Waals surface area contributed by atoms with Gasteiger partial charge in [-0.1, -0.05) is 0 Å². The van der Waals surface area contributed by atoms with Gasteiger partial charge in [-0.05, 0) is 0 Å². The van der Waals surface area contributed by atoms with E-state index in [1.54, 1.807) is 0 Å². The van der Waals surface area contributed by atoms with Crippen molar-refractivity contribution in [2.24, 2.45) is 5.73 Å². The zero-order valence-electron chi connectivity index (χ0n) is 9.58. The lowest BCUT2D eigenvalue weighted by Crippen LogP contribution is -2.56. The number of hydrogen-bond acceptors (Lipinski definition) is 6. The molecule has 2 atom stereocenters. The van der Waals surface area contributed by atoms with Crippen LogP contribution in [0.15, 0.2) is 11.3 Å². The Labute approximate surface area is 107 Å². The number of thioether (sulfide) groups is 1. The molecule has 0 saturated carbocycles. The van der Waals surface area contributed by atoms with E-state index in [4.69, 9.17) is 10.5 Å². The highest BCUT2D eigenvalue weighted by molar-refractivity contribution is 8.00. The lowest BCUT2D eigenvalue weighted by Gasteiger charge is -2.45. The van der Waals surface area contributed by atoms with Crippen LogP contribution in [0.2, 0.25) is 0 Å². The molecule has 7 nitrogen and oxygen atoms in total. The van der Waals surface area contributed by atoms with Crippen LogP contribution in [-0.4, -0.2) is 45.2 Å². The normalized spacial score (nSPS) is 26.6. The van der Waals surface area contributed by atoms with Crippen LogP contribution in [0.4, 0.5) is 0 Å². The molecule has 1 fully saturated rings. The topological polar surface area (TPSA) is 110 Å². The number of carbonyl (C=O) groups excluding carboxylic acids is 2. The molecule has 2 aliphatic rings. The molecule has 2 rings (SSSR count). The van der Waals surface area contributed by atoms with Crippen molar-refractivity contribution in [1.82, 2.24) is 4.90 Å². The van der Waals surface area contributed by atoms with E-state index in [2.05, 4.69) is 0 Å². The highest BCUT2D eigenvalue weighted by Crippen LogP contribution is 2.42. The minimum Gasteiger partial charge on any atom is -0.477 e. The van der Waals surface area contributed by atoms with E-state index < -0.39 is 17.3 Å². The van der Waals surface area contributed by atoms with Crippen molar-refractivity contribution in [2.45, 2.75) is 24.1 Å². The predicted molar refractivity (Wildman–Crippen MR) is 62.1 cm³/mol. The lowest BCUT2D eigenvalue weighted by atomic mass is 10.1. The van der Waals surface area contributed by atoms with Gasteiger partial charge in [0.05, 0.1) is 17.2 Å². The molecule has 8 heteroatoms. The summed E-state index contributed by atoms with van der Waals surface area (Å²) in [5, 5.41) is 8.37. The Balaban J connectivity index is 2.33. The zero-order valence-corrected chi connectivity index (χ0v) is 10.4. The number of nitrogens with zero attached hydrogens (tertiary/aromatic N) is 1. The maximum absolute atomic E-state index is 11.4. The lowest BCUT2D eigenvalue weighted by molar-refractivity contribution is -0.146. The van der Waals surface area contributed by atoms with Crippen LogP contribution in [0.5, 0.6) is 0 Å². The summed E-state index contributed by atoms with van der Waals surface area (Å²) in [5.41, 5.74) is 5.95. The second-order valence-corrected chi connectivity index (χ2v) is 5.26. The minimum absolute atomic E-state index is 0.149. The number of fused-ring (bicyclic) bond motifs is 1. The molecule has 0 spiro atoms. The van der Waals surface area contributed by atoms with Crippen LogP contribution >= 0.6 is 11.8 Å². The average Bonchev–Trinajstić information content (AvgIpc) is 2.25. The number of nitrogens with two attached hydrogens (primary N) is 1. The Bertz CT molecular complexity index is 461. The minimum atomic E-state index is -1.23. The van der Waals surface area contributed by atoms with E-state index in [1.807, 2.05) is 0 Å². The summed E-state index contributed by atoms with van der Waals surface area (Å²) in [7, 11) is 0. The third-order valence-electron chi connectivity index (χ3n) is 2.73. The molecule has 1 amide bonds. The first-order valence-electron chi connectivity index (χ1n) is 5.24. The maximum atomic E-state index is 11.4. The van der Waals surface area contributed by atoms with E-state index in [9.17, 15) is 19.5 Å². The number of carboxylic acid groups (broad SMARTS) is 1. The Morgan fingerprint density at radius 1 is 1.61 bits per heavy atom. The van der Waals surface area contributed by atoms with Gasteiger partial charge in [0.15, 0.2) is 0 Å². The molecule has 18 heavy (non-hydrogen) atoms. The smallest absolute Gasteiger partial charge is 0.352 e. The van der Waals surface area contributed by atoms with Gasteiger partial charge in [0.25, 0.3) is 0 Å². The van der Waals surface area contributed by atoms with Crippen LogP contribution in [0, 0.1) is 0 Å². The van der Waals surface area contributed by atoms with Gasteiger partial charge in [0.1, 0.15) is 12.3 Å². The van der Waals surface area contributed by atoms with Crippen molar-refractivity contribution < 1.29 is 24.2 Å². The molecular weight excluding hydrogens is 260 g/mol. The fourth-order valence-corrected chi connectivity index (χ4v) is 3.14. The van der Waals surface area contributed by atoms with E-state index in [-0.39, 0.29) is 35.6 Å². The molecule has 1 saturated heterocycles. The van der Waals surface area contributed by atoms with Crippen LogP contribution in [0.3, 0.4) is 0 Å².